The van der Waals surface area contributed by atoms with Gasteiger partial charge in [-0.25, -0.2) is 0 Å². The van der Waals surface area contributed by atoms with Crippen molar-refractivity contribution in [1.82, 2.24) is 10.2 Å². The molecule has 0 spiro atoms. The molecule has 0 unspecified atom stereocenters. The van der Waals surface area contributed by atoms with Crippen LogP contribution in [0.5, 0.6) is 0 Å². The van der Waals surface area contributed by atoms with Gasteiger partial charge in [0.1, 0.15) is 0 Å². The molecule has 3 nitrogen and oxygen atoms in total. The molecular formula is C16H13ClN2OS. The van der Waals surface area contributed by atoms with Gasteiger partial charge in [-0.2, -0.15) is 0 Å². The molecule has 0 amide bonds. The molecule has 0 aliphatic carbocycles. The fourth-order valence-electron chi connectivity index (χ4n) is 1.92. The van der Waals surface area contributed by atoms with Gasteiger partial charge in [0.15, 0.2) is 0 Å². The molecule has 3 rings (SSSR count). The molecule has 0 fully saturated rings. The van der Waals surface area contributed by atoms with E-state index in [0.29, 0.717) is 16.1 Å². The monoisotopic (exact) mass is 316 g/mol. The number of hydrogen-bond donors (Lipinski definition) is 0. The van der Waals surface area contributed by atoms with Gasteiger partial charge in [-0.15, -0.1) is 10.2 Å². The lowest BCUT2D eigenvalue weighted by Gasteiger charge is -1.99. The number of nitrogens with zero attached hydrogens (tertiary/aromatic N) is 2. The Morgan fingerprint density at radius 3 is 2.67 bits per heavy atom. The minimum atomic E-state index is 0.512. The van der Waals surface area contributed by atoms with Crippen LogP contribution in [0.1, 0.15) is 11.1 Å². The second-order valence-corrected chi connectivity index (χ2v) is 6.02. The molecular weight excluding hydrogens is 304 g/mol. The number of halogens is 1. The Morgan fingerprint density at radius 2 is 1.90 bits per heavy atom. The van der Waals surface area contributed by atoms with Crippen molar-refractivity contribution in [3.8, 4) is 11.5 Å². The predicted octanol–water partition coefficient (Wildman–Crippen LogP) is 4.99. The summed E-state index contributed by atoms with van der Waals surface area (Å²) < 4.78 is 5.66. The van der Waals surface area contributed by atoms with E-state index < -0.39 is 0 Å². The summed E-state index contributed by atoms with van der Waals surface area (Å²) in [5.74, 6) is 1.32. The van der Waals surface area contributed by atoms with Gasteiger partial charge in [0.25, 0.3) is 5.22 Å². The molecule has 1 aromatic heterocycles. The lowest BCUT2D eigenvalue weighted by molar-refractivity contribution is 0.466. The van der Waals surface area contributed by atoms with E-state index in [1.165, 1.54) is 22.9 Å². The molecule has 106 valence electrons. The first-order chi connectivity index (χ1) is 10.2. The average molecular weight is 317 g/mol. The van der Waals surface area contributed by atoms with Crippen LogP contribution in [0.3, 0.4) is 0 Å². The van der Waals surface area contributed by atoms with Gasteiger partial charge < -0.3 is 4.42 Å². The average Bonchev–Trinajstić information content (AvgIpc) is 2.95. The van der Waals surface area contributed by atoms with Gasteiger partial charge in [0.05, 0.1) is 0 Å². The second kappa shape index (κ2) is 6.33. The van der Waals surface area contributed by atoms with Gasteiger partial charge in [-0.3, -0.25) is 0 Å². The highest BCUT2D eigenvalue weighted by molar-refractivity contribution is 7.98. The van der Waals surface area contributed by atoms with Crippen LogP contribution in [0.25, 0.3) is 11.5 Å². The Kier molecular flexibility index (Phi) is 4.27. The fraction of sp³-hybridized carbons (Fsp3) is 0.125. The normalized spacial score (nSPS) is 10.8. The third-order valence-electron chi connectivity index (χ3n) is 2.94. The maximum absolute atomic E-state index is 5.86. The molecule has 3 aromatic rings. The number of aromatic nitrogens is 2. The Morgan fingerprint density at radius 1 is 1.10 bits per heavy atom. The first kappa shape index (κ1) is 14.2. The number of rotatable bonds is 4. The third kappa shape index (κ3) is 3.65. The van der Waals surface area contributed by atoms with Crippen LogP contribution in [0, 0.1) is 6.92 Å². The molecule has 0 aliphatic rings. The highest BCUT2D eigenvalue weighted by Gasteiger charge is 2.09. The van der Waals surface area contributed by atoms with Gasteiger partial charge in [0.2, 0.25) is 5.89 Å². The van der Waals surface area contributed by atoms with Crippen molar-refractivity contribution in [2.75, 3.05) is 0 Å². The summed E-state index contributed by atoms with van der Waals surface area (Å²) in [4.78, 5) is 0. The van der Waals surface area contributed by atoms with Crippen molar-refractivity contribution < 1.29 is 4.42 Å². The standard InChI is InChI=1S/C16H13ClN2OS/c1-11-3-2-4-12(9-11)10-21-16-19-18-15(20-16)13-5-7-14(17)8-6-13/h2-9H,10H2,1H3. The third-order valence-corrected chi connectivity index (χ3v) is 4.08. The minimum Gasteiger partial charge on any atom is -0.411 e. The second-order valence-electron chi connectivity index (χ2n) is 4.66. The number of aryl methyl sites for hydroxylation is 1. The Labute approximate surface area is 132 Å². The van der Waals surface area contributed by atoms with Crippen LogP contribution in [-0.2, 0) is 5.75 Å². The van der Waals surface area contributed by atoms with Crippen molar-refractivity contribution in [2.24, 2.45) is 0 Å². The zero-order valence-corrected chi connectivity index (χ0v) is 13.0. The molecule has 0 bridgehead atoms. The summed E-state index contributed by atoms with van der Waals surface area (Å²) in [7, 11) is 0. The van der Waals surface area contributed by atoms with E-state index in [2.05, 4.69) is 41.4 Å². The molecule has 0 saturated heterocycles. The summed E-state index contributed by atoms with van der Waals surface area (Å²) in [6, 6.07) is 15.7. The van der Waals surface area contributed by atoms with E-state index in [1.54, 1.807) is 12.1 Å². The zero-order chi connectivity index (χ0) is 14.7. The summed E-state index contributed by atoms with van der Waals surface area (Å²) in [5.41, 5.74) is 3.36. The highest BCUT2D eigenvalue weighted by Crippen LogP contribution is 2.26. The van der Waals surface area contributed by atoms with E-state index >= 15 is 0 Å². The summed E-state index contributed by atoms with van der Waals surface area (Å²) in [6.07, 6.45) is 0. The van der Waals surface area contributed by atoms with E-state index in [9.17, 15) is 0 Å². The number of benzene rings is 2. The zero-order valence-electron chi connectivity index (χ0n) is 11.4. The largest absolute Gasteiger partial charge is 0.411 e. The molecule has 5 heteroatoms. The Balaban J connectivity index is 1.69. The first-order valence-electron chi connectivity index (χ1n) is 6.48. The molecule has 0 radical (unpaired) electrons. The van der Waals surface area contributed by atoms with Crippen LogP contribution in [-0.4, -0.2) is 10.2 Å². The van der Waals surface area contributed by atoms with E-state index in [1.807, 2.05) is 12.1 Å². The van der Waals surface area contributed by atoms with Gasteiger partial charge in [0, 0.05) is 16.3 Å². The number of hydrogen-bond acceptors (Lipinski definition) is 4. The van der Waals surface area contributed by atoms with Gasteiger partial charge in [-0.05, 0) is 36.8 Å². The molecule has 0 saturated carbocycles. The lowest BCUT2D eigenvalue weighted by Crippen LogP contribution is -1.81. The van der Waals surface area contributed by atoms with Crippen LogP contribution >= 0.6 is 23.4 Å². The van der Waals surface area contributed by atoms with Crippen molar-refractivity contribution in [1.29, 1.82) is 0 Å². The maximum atomic E-state index is 5.86. The SMILES string of the molecule is Cc1cccc(CSc2nnc(-c3ccc(Cl)cc3)o2)c1. The summed E-state index contributed by atoms with van der Waals surface area (Å²) in [6.45, 7) is 2.08. The molecule has 1 heterocycles. The van der Waals surface area contributed by atoms with Gasteiger partial charge in [-0.1, -0.05) is 53.2 Å². The van der Waals surface area contributed by atoms with Crippen molar-refractivity contribution in [3.05, 3.63) is 64.7 Å². The van der Waals surface area contributed by atoms with Crippen molar-refractivity contribution in [3.63, 3.8) is 0 Å². The topological polar surface area (TPSA) is 38.9 Å². The molecule has 21 heavy (non-hydrogen) atoms. The van der Waals surface area contributed by atoms with E-state index in [-0.39, 0.29) is 0 Å². The van der Waals surface area contributed by atoms with Crippen LogP contribution in [0.15, 0.2) is 58.2 Å². The van der Waals surface area contributed by atoms with Crippen LogP contribution < -0.4 is 0 Å². The van der Waals surface area contributed by atoms with Crippen molar-refractivity contribution >= 4 is 23.4 Å². The first-order valence-corrected chi connectivity index (χ1v) is 7.85. The fourth-order valence-corrected chi connectivity index (χ4v) is 2.76. The van der Waals surface area contributed by atoms with E-state index in [4.69, 9.17) is 16.0 Å². The summed E-state index contributed by atoms with van der Waals surface area (Å²) in [5, 5.41) is 9.39. The Hall–Kier alpha value is -1.78. The highest BCUT2D eigenvalue weighted by atomic mass is 35.5. The van der Waals surface area contributed by atoms with Gasteiger partial charge >= 0.3 is 0 Å². The molecule has 0 atom stereocenters. The van der Waals surface area contributed by atoms with Crippen LogP contribution in [0.2, 0.25) is 5.02 Å². The quantitative estimate of drug-likeness (QED) is 0.636. The minimum absolute atomic E-state index is 0.512. The number of thioether (sulfide) groups is 1. The maximum Gasteiger partial charge on any atom is 0.277 e. The summed E-state index contributed by atoms with van der Waals surface area (Å²) >= 11 is 7.40. The van der Waals surface area contributed by atoms with Crippen molar-refractivity contribution in [2.45, 2.75) is 17.9 Å². The molecule has 0 N–H and O–H groups in total. The molecule has 2 aromatic carbocycles. The Bertz CT molecular complexity index is 740. The lowest BCUT2D eigenvalue weighted by atomic mass is 10.2. The molecule has 0 aliphatic heterocycles. The smallest absolute Gasteiger partial charge is 0.277 e. The van der Waals surface area contributed by atoms with Crippen LogP contribution in [0.4, 0.5) is 0 Å². The van der Waals surface area contributed by atoms with E-state index in [0.717, 1.165) is 11.3 Å². The predicted molar refractivity (Wildman–Crippen MR) is 85.5 cm³/mol.